The second-order valence-corrected chi connectivity index (χ2v) is 6.78. The molecule has 1 saturated heterocycles. The average molecular weight is 261 g/mol. The van der Waals surface area contributed by atoms with Gasteiger partial charge in [-0.05, 0) is 19.4 Å². The summed E-state index contributed by atoms with van der Waals surface area (Å²) in [6.07, 6.45) is 3.33. The Bertz CT molecular complexity index is 410. The smallest absolute Gasteiger partial charge is 0.216 e. The Morgan fingerprint density at radius 1 is 1.62 bits per heavy atom. The van der Waals surface area contributed by atoms with E-state index in [4.69, 9.17) is 0 Å². The lowest BCUT2D eigenvalue weighted by atomic mass is 10.2. The summed E-state index contributed by atoms with van der Waals surface area (Å²) in [6.45, 7) is 1.77. The quantitative estimate of drug-likeness (QED) is 0.818. The van der Waals surface area contributed by atoms with Crippen LogP contribution < -0.4 is 10.0 Å². The molecule has 0 spiro atoms. The van der Waals surface area contributed by atoms with Gasteiger partial charge in [-0.25, -0.2) is 18.1 Å². The van der Waals surface area contributed by atoms with Crippen LogP contribution in [0.2, 0.25) is 0 Å². The maximum Gasteiger partial charge on any atom is 0.216 e. The summed E-state index contributed by atoms with van der Waals surface area (Å²) in [7, 11) is -3.21. The Labute approximate surface area is 99.3 Å². The van der Waals surface area contributed by atoms with E-state index in [0.29, 0.717) is 13.1 Å². The molecule has 16 heavy (non-hydrogen) atoms. The molecule has 2 rings (SSSR count). The summed E-state index contributed by atoms with van der Waals surface area (Å²) in [5, 5.41) is 5.44. The molecule has 1 aliphatic heterocycles. The van der Waals surface area contributed by atoms with Crippen LogP contribution in [-0.2, 0) is 16.6 Å². The SMILES string of the molecule is O=S(=O)(NCc1nccs1)C1CCCNC1. The number of hydrogen-bond acceptors (Lipinski definition) is 5. The van der Waals surface area contributed by atoms with E-state index >= 15 is 0 Å². The molecule has 0 saturated carbocycles. The first kappa shape index (κ1) is 12.0. The molecule has 2 heterocycles. The van der Waals surface area contributed by atoms with Crippen molar-refractivity contribution in [1.29, 1.82) is 0 Å². The largest absolute Gasteiger partial charge is 0.315 e. The van der Waals surface area contributed by atoms with Gasteiger partial charge < -0.3 is 5.32 Å². The van der Waals surface area contributed by atoms with Crippen LogP contribution >= 0.6 is 11.3 Å². The molecule has 0 aromatic carbocycles. The highest BCUT2D eigenvalue weighted by molar-refractivity contribution is 7.90. The van der Waals surface area contributed by atoms with Gasteiger partial charge in [-0.2, -0.15) is 0 Å². The Morgan fingerprint density at radius 3 is 3.12 bits per heavy atom. The van der Waals surface area contributed by atoms with Crippen molar-refractivity contribution < 1.29 is 8.42 Å². The van der Waals surface area contributed by atoms with Gasteiger partial charge in [0, 0.05) is 18.1 Å². The van der Waals surface area contributed by atoms with Crippen LogP contribution in [0.3, 0.4) is 0 Å². The molecule has 1 atom stereocenters. The lowest BCUT2D eigenvalue weighted by Gasteiger charge is -2.22. The predicted octanol–water partition coefficient (Wildman–Crippen LogP) is 0.314. The van der Waals surface area contributed by atoms with Crippen LogP contribution in [0.5, 0.6) is 0 Å². The number of piperidine rings is 1. The summed E-state index contributed by atoms with van der Waals surface area (Å²) < 4.78 is 26.4. The zero-order chi connectivity index (χ0) is 11.4. The number of rotatable bonds is 4. The van der Waals surface area contributed by atoms with E-state index in [-0.39, 0.29) is 5.25 Å². The third-order valence-corrected chi connectivity index (χ3v) is 5.20. The van der Waals surface area contributed by atoms with Crippen molar-refractivity contribution in [3.8, 4) is 0 Å². The van der Waals surface area contributed by atoms with Gasteiger partial charge in [-0.3, -0.25) is 0 Å². The summed E-state index contributed by atoms with van der Waals surface area (Å²) in [4.78, 5) is 4.04. The van der Waals surface area contributed by atoms with Gasteiger partial charge in [0.2, 0.25) is 10.0 Å². The second-order valence-electron chi connectivity index (χ2n) is 3.76. The van der Waals surface area contributed by atoms with Crippen LogP contribution in [0, 0.1) is 0 Å². The molecule has 0 radical (unpaired) electrons. The molecular weight excluding hydrogens is 246 g/mol. The predicted molar refractivity (Wildman–Crippen MR) is 63.8 cm³/mol. The molecule has 1 aromatic rings. The minimum absolute atomic E-state index is 0.302. The number of sulfonamides is 1. The van der Waals surface area contributed by atoms with Crippen molar-refractivity contribution in [3.05, 3.63) is 16.6 Å². The van der Waals surface area contributed by atoms with E-state index in [9.17, 15) is 8.42 Å². The monoisotopic (exact) mass is 261 g/mol. The Hall–Kier alpha value is -0.500. The third-order valence-electron chi connectivity index (χ3n) is 2.60. The first-order valence-corrected chi connectivity index (χ1v) is 7.68. The van der Waals surface area contributed by atoms with Gasteiger partial charge in [0.1, 0.15) is 5.01 Å². The molecule has 5 nitrogen and oxygen atoms in total. The molecule has 1 unspecified atom stereocenters. The molecule has 2 N–H and O–H groups in total. The number of aromatic nitrogens is 1. The zero-order valence-corrected chi connectivity index (χ0v) is 10.5. The van der Waals surface area contributed by atoms with Gasteiger partial charge in [0.15, 0.2) is 0 Å². The van der Waals surface area contributed by atoms with E-state index in [1.54, 1.807) is 6.20 Å². The topological polar surface area (TPSA) is 71.1 Å². The molecule has 90 valence electrons. The molecule has 7 heteroatoms. The fraction of sp³-hybridized carbons (Fsp3) is 0.667. The maximum absolute atomic E-state index is 11.9. The van der Waals surface area contributed by atoms with Crippen molar-refractivity contribution >= 4 is 21.4 Å². The summed E-state index contributed by atoms with van der Waals surface area (Å²) in [5.74, 6) is 0. The standard InChI is InChI=1S/C9H15N3O2S2/c13-16(14,8-2-1-3-10-6-8)12-7-9-11-4-5-15-9/h4-5,8,10,12H,1-3,6-7H2. The second kappa shape index (κ2) is 5.22. The summed E-state index contributed by atoms with van der Waals surface area (Å²) in [6, 6.07) is 0. The number of nitrogens with zero attached hydrogens (tertiary/aromatic N) is 1. The van der Waals surface area contributed by atoms with Crippen molar-refractivity contribution in [2.75, 3.05) is 13.1 Å². The molecule has 1 aliphatic rings. The first-order valence-electron chi connectivity index (χ1n) is 5.26. The van der Waals surface area contributed by atoms with E-state index in [1.807, 2.05) is 5.38 Å². The normalized spacial score (nSPS) is 22.1. The lowest BCUT2D eigenvalue weighted by molar-refractivity contribution is 0.490. The van der Waals surface area contributed by atoms with Crippen LogP contribution in [0.15, 0.2) is 11.6 Å². The lowest BCUT2D eigenvalue weighted by Crippen LogP contribution is -2.44. The number of hydrogen-bond donors (Lipinski definition) is 2. The van der Waals surface area contributed by atoms with Crippen LogP contribution in [-0.4, -0.2) is 31.7 Å². The molecule has 0 aliphatic carbocycles. The first-order chi connectivity index (χ1) is 7.68. The Morgan fingerprint density at radius 2 is 2.50 bits per heavy atom. The van der Waals surface area contributed by atoms with Gasteiger partial charge in [-0.1, -0.05) is 0 Å². The van der Waals surface area contributed by atoms with Gasteiger partial charge in [-0.15, -0.1) is 11.3 Å². The summed E-state index contributed by atoms with van der Waals surface area (Å²) in [5.41, 5.74) is 0. The average Bonchev–Trinajstić information content (AvgIpc) is 2.81. The number of nitrogens with one attached hydrogen (secondary N) is 2. The van der Waals surface area contributed by atoms with Crippen LogP contribution in [0.25, 0.3) is 0 Å². The van der Waals surface area contributed by atoms with Crippen molar-refractivity contribution in [3.63, 3.8) is 0 Å². The molecular formula is C9H15N3O2S2. The summed E-state index contributed by atoms with van der Waals surface area (Å²) >= 11 is 1.46. The van der Waals surface area contributed by atoms with E-state index in [2.05, 4.69) is 15.0 Å². The maximum atomic E-state index is 11.9. The van der Waals surface area contributed by atoms with Gasteiger partial charge >= 0.3 is 0 Å². The highest BCUT2D eigenvalue weighted by Gasteiger charge is 2.26. The zero-order valence-electron chi connectivity index (χ0n) is 8.85. The van der Waals surface area contributed by atoms with Crippen LogP contribution in [0.1, 0.15) is 17.8 Å². The molecule has 1 aromatic heterocycles. The molecule has 1 fully saturated rings. The van der Waals surface area contributed by atoms with Gasteiger partial charge in [0.05, 0.1) is 11.8 Å². The minimum atomic E-state index is -3.21. The fourth-order valence-corrected chi connectivity index (χ4v) is 3.74. The van der Waals surface area contributed by atoms with E-state index < -0.39 is 10.0 Å². The van der Waals surface area contributed by atoms with Crippen molar-refractivity contribution in [2.45, 2.75) is 24.6 Å². The number of thiazole rings is 1. The molecule has 0 amide bonds. The van der Waals surface area contributed by atoms with E-state index in [0.717, 1.165) is 24.4 Å². The van der Waals surface area contributed by atoms with Crippen molar-refractivity contribution in [1.82, 2.24) is 15.0 Å². The molecule has 0 bridgehead atoms. The van der Waals surface area contributed by atoms with Gasteiger partial charge in [0.25, 0.3) is 0 Å². The van der Waals surface area contributed by atoms with E-state index in [1.165, 1.54) is 11.3 Å². The Kier molecular flexibility index (Phi) is 3.91. The highest BCUT2D eigenvalue weighted by Crippen LogP contribution is 2.11. The van der Waals surface area contributed by atoms with Crippen LogP contribution in [0.4, 0.5) is 0 Å². The third kappa shape index (κ3) is 3.00. The highest BCUT2D eigenvalue weighted by atomic mass is 32.2. The van der Waals surface area contributed by atoms with Crippen molar-refractivity contribution in [2.24, 2.45) is 0 Å². The Balaban J connectivity index is 1.91. The minimum Gasteiger partial charge on any atom is -0.315 e. The fourth-order valence-electron chi connectivity index (χ4n) is 1.71.